The third kappa shape index (κ3) is 2.77. The third-order valence-electron chi connectivity index (χ3n) is 3.13. The smallest absolute Gasteiger partial charge is 0.271 e. The van der Waals surface area contributed by atoms with Gasteiger partial charge in [0.05, 0.1) is 5.71 Å². The quantitative estimate of drug-likeness (QED) is 0.784. The molecule has 1 atom stereocenters. The van der Waals surface area contributed by atoms with Crippen molar-refractivity contribution in [3.05, 3.63) is 23.4 Å². The molecule has 1 N–H and O–H groups in total. The fourth-order valence-electron chi connectivity index (χ4n) is 2.05. The number of fused-ring (bicyclic) bond motifs is 1. The first-order valence-corrected chi connectivity index (χ1v) is 6.29. The van der Waals surface area contributed by atoms with Crippen LogP contribution in [-0.2, 0) is 14.4 Å². The van der Waals surface area contributed by atoms with Crippen molar-refractivity contribution < 1.29 is 14.4 Å². The van der Waals surface area contributed by atoms with Gasteiger partial charge < -0.3 is 4.74 Å². The molecule has 0 aromatic heterocycles. The molecule has 0 aromatic rings. The number of carbonyl (C=O) groups excluding carboxylic acids is 1. The van der Waals surface area contributed by atoms with Crippen LogP contribution in [0.2, 0.25) is 0 Å². The standard InChI is InChI=1S/C12H14N4O3/c17-12(15-19-11-3-1-2-6-18-11)8-4-5-9-10(7-8)14-16-13-9/h4-5,11H,1-3,6-7H2,(H,15,17). The highest BCUT2D eigenvalue weighted by Gasteiger charge is 2.23. The lowest BCUT2D eigenvalue weighted by Crippen LogP contribution is -2.34. The largest absolute Gasteiger partial charge is 0.350 e. The maximum absolute atomic E-state index is 11.9. The molecule has 3 rings (SSSR count). The Bertz CT molecular complexity index is 501. The minimum absolute atomic E-state index is 0.279. The van der Waals surface area contributed by atoms with Gasteiger partial charge in [0.15, 0.2) is 6.29 Å². The van der Waals surface area contributed by atoms with Crippen molar-refractivity contribution in [1.29, 1.82) is 0 Å². The monoisotopic (exact) mass is 262 g/mol. The number of nitrogens with zero attached hydrogens (tertiary/aromatic N) is 3. The summed E-state index contributed by atoms with van der Waals surface area (Å²) in [4.78, 5) is 17.2. The van der Waals surface area contributed by atoms with Crippen LogP contribution < -0.4 is 5.48 Å². The predicted molar refractivity (Wildman–Crippen MR) is 65.9 cm³/mol. The summed E-state index contributed by atoms with van der Waals surface area (Å²) in [6.07, 6.45) is 6.40. The summed E-state index contributed by atoms with van der Waals surface area (Å²) in [6, 6.07) is 0. The van der Waals surface area contributed by atoms with Gasteiger partial charge in [0, 0.05) is 25.0 Å². The Morgan fingerprint density at radius 2 is 2.37 bits per heavy atom. The molecule has 3 aliphatic rings. The maximum Gasteiger partial charge on any atom is 0.271 e. The first kappa shape index (κ1) is 12.2. The van der Waals surface area contributed by atoms with Gasteiger partial charge in [-0.25, -0.2) is 10.3 Å². The number of carbonyl (C=O) groups is 1. The summed E-state index contributed by atoms with van der Waals surface area (Å²) < 4.78 is 5.36. The van der Waals surface area contributed by atoms with E-state index in [1.54, 1.807) is 12.2 Å². The zero-order valence-electron chi connectivity index (χ0n) is 10.3. The number of allylic oxidation sites excluding steroid dienone is 3. The second-order valence-electron chi connectivity index (χ2n) is 4.50. The summed E-state index contributed by atoms with van der Waals surface area (Å²) in [5, 5.41) is 11.3. The van der Waals surface area contributed by atoms with E-state index in [1.807, 2.05) is 0 Å². The zero-order valence-corrected chi connectivity index (χ0v) is 10.3. The van der Waals surface area contributed by atoms with E-state index < -0.39 is 0 Å². The molecule has 7 nitrogen and oxygen atoms in total. The average Bonchev–Trinajstić information content (AvgIpc) is 2.93. The Kier molecular flexibility index (Phi) is 3.47. The average molecular weight is 262 g/mol. The molecule has 0 aromatic carbocycles. The van der Waals surface area contributed by atoms with Crippen LogP contribution in [0.3, 0.4) is 0 Å². The molecular formula is C12H14N4O3. The molecule has 0 spiro atoms. The molecule has 100 valence electrons. The van der Waals surface area contributed by atoms with Gasteiger partial charge in [-0.15, -0.1) is 10.2 Å². The number of hydrogen-bond acceptors (Lipinski definition) is 6. The highest BCUT2D eigenvalue weighted by molar-refractivity contribution is 6.09. The van der Waals surface area contributed by atoms with Crippen molar-refractivity contribution in [3.8, 4) is 0 Å². The molecule has 2 heterocycles. The van der Waals surface area contributed by atoms with E-state index in [4.69, 9.17) is 9.57 Å². The van der Waals surface area contributed by atoms with E-state index in [0.29, 0.717) is 30.0 Å². The second kappa shape index (κ2) is 5.41. The van der Waals surface area contributed by atoms with Crippen molar-refractivity contribution in [2.45, 2.75) is 32.0 Å². The number of hydroxylamine groups is 1. The zero-order chi connectivity index (χ0) is 13.1. The lowest BCUT2D eigenvalue weighted by Gasteiger charge is -2.22. The molecule has 1 unspecified atom stereocenters. The topological polar surface area (TPSA) is 84.6 Å². The SMILES string of the molecule is O=C(NOC1CCCCO1)C1=CC=C2N=NN=C2C1. The van der Waals surface area contributed by atoms with Gasteiger partial charge >= 0.3 is 0 Å². The van der Waals surface area contributed by atoms with E-state index in [2.05, 4.69) is 20.9 Å². The summed E-state index contributed by atoms with van der Waals surface area (Å²) in [6.45, 7) is 0.676. The van der Waals surface area contributed by atoms with Gasteiger partial charge in [-0.2, -0.15) is 0 Å². The van der Waals surface area contributed by atoms with Gasteiger partial charge in [0.2, 0.25) is 0 Å². The molecule has 1 amide bonds. The maximum atomic E-state index is 11.9. The number of ether oxygens (including phenoxy) is 1. The lowest BCUT2D eigenvalue weighted by molar-refractivity contribution is -0.198. The Labute approximate surface area is 110 Å². The highest BCUT2D eigenvalue weighted by Crippen LogP contribution is 2.22. The minimum Gasteiger partial charge on any atom is -0.350 e. The van der Waals surface area contributed by atoms with E-state index in [-0.39, 0.29) is 12.2 Å². The van der Waals surface area contributed by atoms with Crippen LogP contribution in [0.15, 0.2) is 38.9 Å². The summed E-state index contributed by atoms with van der Waals surface area (Å²) in [7, 11) is 0. The lowest BCUT2D eigenvalue weighted by atomic mass is 10.0. The van der Waals surface area contributed by atoms with Crippen molar-refractivity contribution in [3.63, 3.8) is 0 Å². The number of nitrogens with one attached hydrogen (secondary N) is 1. The third-order valence-corrected chi connectivity index (χ3v) is 3.13. The molecule has 1 aliphatic carbocycles. The molecule has 0 bridgehead atoms. The van der Waals surface area contributed by atoms with E-state index >= 15 is 0 Å². The molecule has 1 saturated heterocycles. The van der Waals surface area contributed by atoms with Gasteiger partial charge in [-0.3, -0.25) is 4.79 Å². The van der Waals surface area contributed by atoms with E-state index in [9.17, 15) is 4.79 Å². The fourth-order valence-corrected chi connectivity index (χ4v) is 2.05. The van der Waals surface area contributed by atoms with Crippen molar-refractivity contribution >= 4 is 11.6 Å². The van der Waals surface area contributed by atoms with E-state index in [1.165, 1.54) is 0 Å². The number of amides is 1. The van der Waals surface area contributed by atoms with Crippen LogP contribution in [0, 0.1) is 0 Å². The molecule has 19 heavy (non-hydrogen) atoms. The summed E-state index contributed by atoms with van der Waals surface area (Å²) in [5.74, 6) is -0.279. The molecule has 2 aliphatic heterocycles. The van der Waals surface area contributed by atoms with Gasteiger partial charge in [0.1, 0.15) is 5.70 Å². The Morgan fingerprint density at radius 3 is 3.21 bits per heavy atom. The van der Waals surface area contributed by atoms with Crippen LogP contribution in [0.1, 0.15) is 25.7 Å². The number of hydrogen-bond donors (Lipinski definition) is 1. The molecule has 0 radical (unpaired) electrons. The van der Waals surface area contributed by atoms with Gasteiger partial charge in [-0.05, 0) is 24.1 Å². The van der Waals surface area contributed by atoms with E-state index in [0.717, 1.165) is 19.3 Å². The Morgan fingerprint density at radius 1 is 1.42 bits per heavy atom. The molecule has 1 fully saturated rings. The van der Waals surface area contributed by atoms with Crippen LogP contribution >= 0.6 is 0 Å². The Hall–Kier alpha value is -1.86. The molecule has 7 heteroatoms. The highest BCUT2D eigenvalue weighted by atomic mass is 16.8. The first-order chi connectivity index (χ1) is 9.33. The number of rotatable bonds is 3. The van der Waals surface area contributed by atoms with Crippen molar-refractivity contribution in [2.24, 2.45) is 15.4 Å². The van der Waals surface area contributed by atoms with Crippen LogP contribution in [0.4, 0.5) is 0 Å². The van der Waals surface area contributed by atoms with Crippen LogP contribution in [-0.4, -0.2) is 24.5 Å². The van der Waals surface area contributed by atoms with Gasteiger partial charge in [0.25, 0.3) is 5.91 Å². The van der Waals surface area contributed by atoms with Gasteiger partial charge in [-0.1, -0.05) is 6.08 Å². The van der Waals surface area contributed by atoms with Crippen molar-refractivity contribution in [1.82, 2.24) is 5.48 Å². The fraction of sp³-hybridized carbons (Fsp3) is 0.500. The summed E-state index contributed by atoms with van der Waals surface area (Å²) in [5.41, 5.74) is 4.42. The predicted octanol–water partition coefficient (Wildman–Crippen LogP) is 1.60. The summed E-state index contributed by atoms with van der Waals surface area (Å²) >= 11 is 0. The molecular weight excluding hydrogens is 248 g/mol. The minimum atomic E-state index is -0.346. The van der Waals surface area contributed by atoms with Crippen LogP contribution in [0.25, 0.3) is 0 Å². The second-order valence-corrected chi connectivity index (χ2v) is 4.50. The van der Waals surface area contributed by atoms with Crippen LogP contribution in [0.5, 0.6) is 0 Å². The Balaban J connectivity index is 1.53. The van der Waals surface area contributed by atoms with Crippen molar-refractivity contribution in [2.75, 3.05) is 6.61 Å². The first-order valence-electron chi connectivity index (χ1n) is 6.29. The molecule has 0 saturated carbocycles. The normalized spacial score (nSPS) is 25.3.